The quantitative estimate of drug-likeness (QED) is 0.123. The molecule has 4 aromatic rings. The van der Waals surface area contributed by atoms with Gasteiger partial charge in [-0.05, 0) is 80.6 Å². The van der Waals surface area contributed by atoms with Gasteiger partial charge in [-0.3, -0.25) is 9.59 Å². The van der Waals surface area contributed by atoms with Gasteiger partial charge in [-0.1, -0.05) is 84.9 Å². The van der Waals surface area contributed by atoms with E-state index in [0.717, 1.165) is 32.7 Å². The van der Waals surface area contributed by atoms with Gasteiger partial charge in [0.05, 0.1) is 12.6 Å². The fourth-order valence-electron chi connectivity index (χ4n) is 5.70. The summed E-state index contributed by atoms with van der Waals surface area (Å²) in [5.74, 6) is -0.961. The van der Waals surface area contributed by atoms with Gasteiger partial charge in [-0.2, -0.15) is 0 Å². The van der Waals surface area contributed by atoms with Crippen LogP contribution in [0.4, 0.5) is 9.59 Å². The van der Waals surface area contributed by atoms with Crippen molar-refractivity contribution >= 4 is 45.5 Å². The lowest BCUT2D eigenvalue weighted by atomic mass is 9.98. The van der Waals surface area contributed by atoms with Gasteiger partial charge in [0.25, 0.3) is 0 Å². The second-order valence-corrected chi connectivity index (χ2v) is 14.6. The summed E-state index contributed by atoms with van der Waals surface area (Å²) in [6.07, 6.45) is -0.912. The highest BCUT2D eigenvalue weighted by molar-refractivity contribution is 5.90. The third-order valence-electron chi connectivity index (χ3n) is 7.98. The summed E-state index contributed by atoms with van der Waals surface area (Å²) in [5, 5.41) is 25.2. The molecule has 3 atom stereocenters. The number of aliphatic hydroxyl groups excluding tert-OH is 1. The van der Waals surface area contributed by atoms with Crippen LogP contribution < -0.4 is 21.3 Å². The minimum Gasteiger partial charge on any atom is -0.444 e. The van der Waals surface area contributed by atoms with E-state index in [0.29, 0.717) is 0 Å². The number of rotatable bonds is 13. The number of fused-ring (bicyclic) bond motifs is 2. The smallest absolute Gasteiger partial charge is 0.408 e. The Labute approximate surface area is 299 Å². The van der Waals surface area contributed by atoms with E-state index in [-0.39, 0.29) is 25.8 Å². The van der Waals surface area contributed by atoms with Crippen LogP contribution in [0.5, 0.6) is 0 Å². The fraction of sp³-hybridized carbons (Fsp3) is 0.400. The van der Waals surface area contributed by atoms with Crippen LogP contribution in [0.2, 0.25) is 0 Å². The molecule has 0 aliphatic carbocycles. The van der Waals surface area contributed by atoms with Gasteiger partial charge in [-0.25, -0.2) is 9.59 Å². The van der Waals surface area contributed by atoms with Crippen LogP contribution in [0.15, 0.2) is 84.9 Å². The topological polar surface area (TPSA) is 155 Å². The number of amides is 4. The van der Waals surface area contributed by atoms with Crippen molar-refractivity contribution in [2.45, 2.75) is 90.1 Å². The van der Waals surface area contributed by atoms with Crippen molar-refractivity contribution in [1.82, 2.24) is 21.3 Å². The van der Waals surface area contributed by atoms with Crippen molar-refractivity contribution < 1.29 is 33.8 Å². The Hall–Kier alpha value is -5.16. The number of alkyl carbamates (subject to hydrolysis) is 2. The fourth-order valence-corrected chi connectivity index (χ4v) is 5.70. The van der Waals surface area contributed by atoms with E-state index in [1.165, 1.54) is 0 Å². The first-order valence-corrected chi connectivity index (χ1v) is 17.2. The van der Waals surface area contributed by atoms with Crippen LogP contribution in [-0.2, 0) is 31.9 Å². The van der Waals surface area contributed by atoms with Crippen molar-refractivity contribution in [2.75, 3.05) is 13.2 Å². The first kappa shape index (κ1) is 38.6. The van der Waals surface area contributed by atoms with E-state index in [9.17, 15) is 24.3 Å². The largest absolute Gasteiger partial charge is 0.444 e. The maximum atomic E-state index is 13.7. The molecule has 11 heteroatoms. The SMILES string of the molecule is CC(C)(C)OC(=O)N[C@@H](Cc1cccc2ccccc12)C(=O)NCCC(CO)NC(=O)[C@H](Cc1cccc2ccccc12)NC(=O)OC(C)(C)C. The van der Waals surface area contributed by atoms with Crippen molar-refractivity contribution in [3.05, 3.63) is 96.1 Å². The summed E-state index contributed by atoms with van der Waals surface area (Å²) in [5.41, 5.74) is 0.188. The lowest BCUT2D eigenvalue weighted by Crippen LogP contribution is -2.53. The van der Waals surface area contributed by atoms with Crippen LogP contribution in [0.1, 0.15) is 59.1 Å². The minimum absolute atomic E-state index is 0.0832. The average Bonchev–Trinajstić information content (AvgIpc) is 3.05. The molecule has 4 amide bonds. The third-order valence-corrected chi connectivity index (χ3v) is 7.98. The van der Waals surface area contributed by atoms with Gasteiger partial charge in [-0.15, -0.1) is 0 Å². The van der Waals surface area contributed by atoms with E-state index in [1.54, 1.807) is 41.5 Å². The number of carbonyl (C=O) groups is 4. The molecule has 0 saturated carbocycles. The molecule has 11 nitrogen and oxygen atoms in total. The molecule has 1 unspecified atom stereocenters. The molecule has 0 radical (unpaired) electrons. The Morgan fingerprint density at radius 2 is 1.04 bits per heavy atom. The Morgan fingerprint density at radius 3 is 1.49 bits per heavy atom. The molecular weight excluding hydrogens is 648 g/mol. The highest BCUT2D eigenvalue weighted by atomic mass is 16.6. The Bertz CT molecular complexity index is 1820. The van der Waals surface area contributed by atoms with Crippen LogP contribution in [-0.4, -0.2) is 71.6 Å². The van der Waals surface area contributed by atoms with Crippen molar-refractivity contribution in [3.8, 4) is 0 Å². The zero-order chi connectivity index (χ0) is 37.2. The van der Waals surface area contributed by atoms with Gasteiger partial charge < -0.3 is 35.8 Å². The zero-order valence-corrected chi connectivity index (χ0v) is 30.2. The molecule has 5 N–H and O–H groups in total. The van der Waals surface area contributed by atoms with Crippen LogP contribution in [0, 0.1) is 0 Å². The van der Waals surface area contributed by atoms with Crippen molar-refractivity contribution in [2.24, 2.45) is 0 Å². The number of hydrogen-bond acceptors (Lipinski definition) is 7. The lowest BCUT2D eigenvalue weighted by Gasteiger charge is -2.26. The highest BCUT2D eigenvalue weighted by Gasteiger charge is 2.28. The monoisotopic (exact) mass is 698 g/mol. The van der Waals surface area contributed by atoms with Crippen LogP contribution in [0.25, 0.3) is 21.5 Å². The third kappa shape index (κ3) is 12.0. The molecule has 0 aromatic heterocycles. The molecule has 0 fully saturated rings. The van der Waals surface area contributed by atoms with Gasteiger partial charge in [0.1, 0.15) is 23.3 Å². The molecule has 0 aliphatic heterocycles. The van der Waals surface area contributed by atoms with Gasteiger partial charge in [0.15, 0.2) is 0 Å². The molecule has 4 rings (SSSR count). The Balaban J connectivity index is 1.44. The minimum atomic E-state index is -1.02. The predicted octanol–water partition coefficient (Wildman–Crippen LogP) is 5.55. The van der Waals surface area contributed by atoms with Crippen LogP contribution in [0.3, 0.4) is 0 Å². The number of carbonyl (C=O) groups excluding carboxylic acids is 4. The summed E-state index contributed by atoms with van der Waals surface area (Å²) in [6.45, 7) is 10.1. The summed E-state index contributed by atoms with van der Waals surface area (Å²) >= 11 is 0. The Kier molecular flexibility index (Phi) is 13.0. The maximum Gasteiger partial charge on any atom is 0.408 e. The predicted molar refractivity (Wildman–Crippen MR) is 198 cm³/mol. The molecule has 51 heavy (non-hydrogen) atoms. The molecule has 0 aliphatic rings. The van der Waals surface area contributed by atoms with E-state index >= 15 is 0 Å². The summed E-state index contributed by atoms with van der Waals surface area (Å²) in [6, 6.07) is 24.4. The number of nitrogens with one attached hydrogen (secondary N) is 4. The maximum absolute atomic E-state index is 13.7. The molecule has 4 aromatic carbocycles. The number of aliphatic hydroxyl groups is 1. The van der Waals surface area contributed by atoms with E-state index < -0.39 is 59.9 Å². The normalized spacial score (nSPS) is 13.5. The summed E-state index contributed by atoms with van der Waals surface area (Å²) < 4.78 is 10.9. The lowest BCUT2D eigenvalue weighted by molar-refractivity contribution is -0.124. The molecule has 272 valence electrons. The zero-order valence-electron chi connectivity index (χ0n) is 30.2. The van der Waals surface area contributed by atoms with E-state index in [1.807, 2.05) is 84.9 Å². The Morgan fingerprint density at radius 1 is 0.608 bits per heavy atom. The number of ether oxygens (including phenoxy) is 2. The second-order valence-electron chi connectivity index (χ2n) is 14.6. The molecule has 0 spiro atoms. The molecule has 0 saturated heterocycles. The van der Waals surface area contributed by atoms with Crippen LogP contribution >= 0.6 is 0 Å². The van der Waals surface area contributed by atoms with Crippen molar-refractivity contribution in [1.29, 1.82) is 0 Å². The highest BCUT2D eigenvalue weighted by Crippen LogP contribution is 2.22. The van der Waals surface area contributed by atoms with E-state index in [2.05, 4.69) is 21.3 Å². The molecular formula is C40H50N4O7. The van der Waals surface area contributed by atoms with E-state index in [4.69, 9.17) is 9.47 Å². The molecule has 0 bridgehead atoms. The number of benzene rings is 4. The summed E-state index contributed by atoms with van der Waals surface area (Å²) in [4.78, 5) is 52.8. The molecule has 0 heterocycles. The van der Waals surface area contributed by atoms with Gasteiger partial charge >= 0.3 is 12.2 Å². The van der Waals surface area contributed by atoms with Gasteiger partial charge in [0, 0.05) is 19.4 Å². The first-order valence-electron chi connectivity index (χ1n) is 17.2. The summed E-state index contributed by atoms with van der Waals surface area (Å²) in [7, 11) is 0. The van der Waals surface area contributed by atoms with Crippen molar-refractivity contribution in [3.63, 3.8) is 0 Å². The second kappa shape index (κ2) is 17.2. The van der Waals surface area contributed by atoms with Gasteiger partial charge in [0.2, 0.25) is 11.8 Å². The first-order chi connectivity index (χ1) is 24.1. The number of hydrogen-bond donors (Lipinski definition) is 5. The standard InChI is InChI=1S/C40H50N4O7/c1-39(2,3)50-37(48)43-33(23-28-17-11-15-26-13-7-9-19-31(26)28)35(46)41-22-21-30(25-45)42-36(47)34(44-38(49)51-40(4,5)6)24-29-18-12-16-27-14-8-10-20-32(27)29/h7-20,30,33-34,45H,21-25H2,1-6H3,(H,41,46)(H,42,47)(H,43,48)(H,44,49)/t30?,33-,34-/m0/s1. The average molecular weight is 699 g/mol.